The summed E-state index contributed by atoms with van der Waals surface area (Å²) in [5.74, 6) is 0. The number of nitro groups is 1. The Hall–Kier alpha value is -1.59. The first kappa shape index (κ1) is 19.5. The number of rotatable bonds is 10. The van der Waals surface area contributed by atoms with Crippen molar-refractivity contribution in [3.05, 3.63) is 34.4 Å². The fourth-order valence-corrected chi connectivity index (χ4v) is 3.05. The molecular weight excluding hydrogens is 326 g/mol. The first-order valence-corrected chi connectivity index (χ1v) is 8.54. The molecule has 0 bridgehead atoms. The highest BCUT2D eigenvalue weighted by molar-refractivity contribution is 7.89. The van der Waals surface area contributed by atoms with Crippen LogP contribution in [-0.2, 0) is 10.0 Å². The van der Waals surface area contributed by atoms with E-state index >= 15 is 0 Å². The minimum Gasteiger partial charge on any atom is -0.395 e. The molecule has 0 aromatic heterocycles. The molecule has 1 rings (SSSR count). The van der Waals surface area contributed by atoms with Crippen LogP contribution in [0.4, 0.5) is 5.69 Å². The molecule has 1 aromatic rings. The van der Waals surface area contributed by atoms with Crippen LogP contribution in [0.2, 0.25) is 0 Å². The van der Waals surface area contributed by atoms with Crippen LogP contribution in [0, 0.1) is 10.1 Å². The van der Waals surface area contributed by atoms with Gasteiger partial charge in [-0.25, -0.2) is 13.1 Å². The summed E-state index contributed by atoms with van der Waals surface area (Å²) in [6.45, 7) is 1.48. The molecule has 0 aliphatic rings. The van der Waals surface area contributed by atoms with Crippen molar-refractivity contribution in [3.63, 3.8) is 0 Å². The van der Waals surface area contributed by atoms with E-state index in [0.717, 1.165) is 24.3 Å². The molecule has 9 nitrogen and oxygen atoms in total. The van der Waals surface area contributed by atoms with Crippen LogP contribution in [0.5, 0.6) is 0 Å². The van der Waals surface area contributed by atoms with E-state index in [4.69, 9.17) is 5.11 Å². The van der Waals surface area contributed by atoms with Gasteiger partial charge in [-0.1, -0.05) is 6.92 Å². The number of sulfonamides is 1. The van der Waals surface area contributed by atoms with E-state index in [9.17, 15) is 23.6 Å². The molecule has 1 unspecified atom stereocenters. The van der Waals surface area contributed by atoms with E-state index in [1.54, 1.807) is 0 Å². The minimum atomic E-state index is -3.91. The maximum atomic E-state index is 12.2. The van der Waals surface area contributed by atoms with Gasteiger partial charge in [-0.05, 0) is 18.6 Å². The first-order valence-electron chi connectivity index (χ1n) is 7.06. The Kier molecular flexibility index (Phi) is 7.52. The second-order valence-corrected chi connectivity index (χ2v) is 6.66. The lowest BCUT2D eigenvalue weighted by molar-refractivity contribution is -0.384. The lowest BCUT2D eigenvalue weighted by Gasteiger charge is -2.20. The van der Waals surface area contributed by atoms with Gasteiger partial charge in [-0.3, -0.25) is 10.1 Å². The predicted octanol–water partition coefficient (Wildman–Crippen LogP) is -0.405. The van der Waals surface area contributed by atoms with Gasteiger partial charge in [0.2, 0.25) is 10.0 Å². The second-order valence-electron chi connectivity index (χ2n) is 4.95. The average Bonchev–Trinajstić information content (AvgIpc) is 2.54. The molecule has 0 aliphatic carbocycles. The van der Waals surface area contributed by atoms with Gasteiger partial charge in [-0.15, -0.1) is 0 Å². The van der Waals surface area contributed by atoms with Crippen LogP contribution >= 0.6 is 0 Å². The molecule has 0 saturated carbocycles. The van der Waals surface area contributed by atoms with Crippen LogP contribution in [0.1, 0.15) is 13.3 Å². The van der Waals surface area contributed by atoms with Crippen LogP contribution in [0.3, 0.4) is 0 Å². The third-order valence-electron chi connectivity index (χ3n) is 3.27. The molecule has 1 aromatic carbocycles. The Balaban J connectivity index is 2.76. The quantitative estimate of drug-likeness (QED) is 0.333. The number of nitro benzene ring substituents is 1. The summed E-state index contributed by atoms with van der Waals surface area (Å²) in [5, 5.41) is 31.9. The van der Waals surface area contributed by atoms with Crippen molar-refractivity contribution in [2.45, 2.75) is 30.3 Å². The monoisotopic (exact) mass is 347 g/mol. The zero-order chi connectivity index (χ0) is 17.5. The van der Waals surface area contributed by atoms with E-state index in [2.05, 4.69) is 10.0 Å². The smallest absolute Gasteiger partial charge is 0.269 e. The van der Waals surface area contributed by atoms with Gasteiger partial charge in [0.05, 0.1) is 29.1 Å². The Morgan fingerprint density at radius 3 is 2.17 bits per heavy atom. The van der Waals surface area contributed by atoms with Crippen molar-refractivity contribution >= 4 is 15.7 Å². The van der Waals surface area contributed by atoms with Gasteiger partial charge >= 0.3 is 0 Å². The summed E-state index contributed by atoms with van der Waals surface area (Å²) >= 11 is 0. The van der Waals surface area contributed by atoms with Gasteiger partial charge in [-0.2, -0.15) is 0 Å². The normalized spacial score (nSPS) is 14.4. The second kappa shape index (κ2) is 8.89. The van der Waals surface area contributed by atoms with Crippen molar-refractivity contribution in [2.24, 2.45) is 0 Å². The van der Waals surface area contributed by atoms with Crippen molar-refractivity contribution in [2.75, 3.05) is 19.8 Å². The van der Waals surface area contributed by atoms with Crippen LogP contribution in [0.15, 0.2) is 29.2 Å². The maximum absolute atomic E-state index is 12.2. The minimum absolute atomic E-state index is 0.0935. The molecule has 23 heavy (non-hydrogen) atoms. The lowest BCUT2D eigenvalue weighted by atomic mass is 10.2. The van der Waals surface area contributed by atoms with Gasteiger partial charge in [0, 0.05) is 24.7 Å². The number of nitrogens with zero attached hydrogens (tertiary/aromatic N) is 1. The highest BCUT2D eigenvalue weighted by Gasteiger charge is 2.21. The third kappa shape index (κ3) is 5.84. The standard InChI is InChI=1S/C13H21N3O6S/c1-2-10(8-17)14-7-11(9-18)15-23(21,22)13-5-3-12(4-6-13)16(19)20/h3-6,10-11,14-15,17-18H,2,7-9H2,1H3/t10?,11-/m0/s1. The molecule has 2 atom stereocenters. The number of nitrogens with one attached hydrogen (secondary N) is 2. The van der Waals surface area contributed by atoms with Gasteiger partial charge < -0.3 is 15.5 Å². The predicted molar refractivity (Wildman–Crippen MR) is 83.5 cm³/mol. The summed E-state index contributed by atoms with van der Waals surface area (Å²) < 4.78 is 26.7. The molecule has 0 radical (unpaired) electrons. The first-order chi connectivity index (χ1) is 10.8. The highest BCUT2D eigenvalue weighted by atomic mass is 32.2. The Morgan fingerprint density at radius 2 is 1.74 bits per heavy atom. The fraction of sp³-hybridized carbons (Fsp3) is 0.538. The van der Waals surface area contributed by atoms with Crippen molar-refractivity contribution in [3.8, 4) is 0 Å². The summed E-state index contributed by atoms with van der Waals surface area (Å²) in [4.78, 5) is 9.82. The van der Waals surface area contributed by atoms with E-state index in [-0.39, 0.29) is 29.8 Å². The van der Waals surface area contributed by atoms with Crippen LogP contribution < -0.4 is 10.0 Å². The van der Waals surface area contributed by atoms with E-state index in [1.807, 2.05) is 6.92 Å². The maximum Gasteiger partial charge on any atom is 0.269 e. The van der Waals surface area contributed by atoms with E-state index < -0.39 is 27.6 Å². The molecule has 0 heterocycles. The van der Waals surface area contributed by atoms with Gasteiger partial charge in [0.25, 0.3) is 5.69 Å². The van der Waals surface area contributed by atoms with Crippen molar-refractivity contribution < 1.29 is 23.6 Å². The number of aliphatic hydroxyl groups excluding tert-OH is 2. The lowest BCUT2D eigenvalue weighted by Crippen LogP contribution is -2.47. The summed E-state index contributed by atoms with van der Waals surface area (Å²) in [6, 6.07) is 3.48. The number of non-ortho nitro benzene ring substituents is 1. The zero-order valence-electron chi connectivity index (χ0n) is 12.7. The molecule has 0 amide bonds. The van der Waals surface area contributed by atoms with Gasteiger partial charge in [0.15, 0.2) is 0 Å². The molecule has 130 valence electrons. The van der Waals surface area contributed by atoms with Crippen LogP contribution in [-0.4, -0.2) is 55.4 Å². The molecule has 0 spiro atoms. The zero-order valence-corrected chi connectivity index (χ0v) is 13.5. The number of aliphatic hydroxyl groups is 2. The largest absolute Gasteiger partial charge is 0.395 e. The Morgan fingerprint density at radius 1 is 1.17 bits per heavy atom. The molecule has 0 fully saturated rings. The Labute approximate surface area is 134 Å². The average molecular weight is 347 g/mol. The van der Waals surface area contributed by atoms with Crippen LogP contribution in [0.25, 0.3) is 0 Å². The molecule has 10 heteroatoms. The SMILES string of the molecule is CCC(CO)NC[C@@H](CO)NS(=O)(=O)c1ccc([N+](=O)[O-])cc1. The van der Waals surface area contributed by atoms with E-state index in [1.165, 1.54) is 0 Å². The summed E-state index contributed by atoms with van der Waals surface area (Å²) in [5.41, 5.74) is -0.210. The number of benzene rings is 1. The Bertz CT molecular complexity index is 601. The number of hydrogen-bond acceptors (Lipinski definition) is 7. The molecule has 0 saturated heterocycles. The third-order valence-corrected chi connectivity index (χ3v) is 4.80. The van der Waals surface area contributed by atoms with E-state index in [0.29, 0.717) is 6.42 Å². The van der Waals surface area contributed by atoms with Crippen molar-refractivity contribution in [1.82, 2.24) is 10.0 Å². The fourth-order valence-electron chi connectivity index (χ4n) is 1.82. The topological polar surface area (TPSA) is 142 Å². The summed E-state index contributed by atoms with van der Waals surface area (Å²) in [7, 11) is -3.91. The number of hydrogen-bond donors (Lipinski definition) is 4. The highest BCUT2D eigenvalue weighted by Crippen LogP contribution is 2.15. The van der Waals surface area contributed by atoms with Gasteiger partial charge in [0.1, 0.15) is 0 Å². The molecular formula is C13H21N3O6S. The summed E-state index contributed by atoms with van der Waals surface area (Å²) in [6.07, 6.45) is 0.656. The molecule has 4 N–H and O–H groups in total. The van der Waals surface area contributed by atoms with Crippen molar-refractivity contribution in [1.29, 1.82) is 0 Å². The molecule has 0 aliphatic heterocycles.